The van der Waals surface area contributed by atoms with Gasteiger partial charge in [0.1, 0.15) is 0 Å². The SMILES string of the molecule is [2H]c1c([2H])c([2H])c(-c2nc(-c3ccc(-c4ccccc4)cc3)nc(-c3ccc(-n4c5ccccc5c5cc6c(cc54)c4ccccc4n6-c4ccccc4)cc3)n2)c([2H])c1[2H]. The van der Waals surface area contributed by atoms with Gasteiger partial charge in [0, 0.05) is 49.6 Å². The highest BCUT2D eigenvalue weighted by molar-refractivity contribution is 6.19. The Morgan fingerprint density at radius 3 is 1.29 bits per heavy atom. The van der Waals surface area contributed by atoms with E-state index in [1.54, 1.807) is 0 Å². The lowest BCUT2D eigenvalue weighted by Gasteiger charge is -2.11. The summed E-state index contributed by atoms with van der Waals surface area (Å²) in [5.74, 6) is 0.619. The highest BCUT2D eigenvalue weighted by Gasteiger charge is 2.19. The molecule has 5 nitrogen and oxygen atoms in total. The number of aromatic nitrogens is 5. The van der Waals surface area contributed by atoms with Crippen molar-refractivity contribution in [2.24, 2.45) is 0 Å². The van der Waals surface area contributed by atoms with E-state index in [9.17, 15) is 0 Å². The van der Waals surface area contributed by atoms with Crippen LogP contribution in [0.15, 0.2) is 200 Å². The van der Waals surface area contributed by atoms with Gasteiger partial charge in [0.25, 0.3) is 0 Å². The second-order valence-electron chi connectivity index (χ2n) is 13.7. The van der Waals surface area contributed by atoms with Gasteiger partial charge in [-0.2, -0.15) is 0 Å². The zero-order chi connectivity index (χ0) is 41.4. The highest BCUT2D eigenvalue weighted by atomic mass is 15.0. The van der Waals surface area contributed by atoms with Gasteiger partial charge in [-0.1, -0.05) is 139 Å². The molecule has 0 radical (unpaired) electrons. The maximum absolute atomic E-state index is 8.75. The third-order valence-electron chi connectivity index (χ3n) is 10.5. The van der Waals surface area contributed by atoms with Crippen LogP contribution in [-0.2, 0) is 0 Å². The van der Waals surface area contributed by atoms with Crippen molar-refractivity contribution in [2.75, 3.05) is 0 Å². The topological polar surface area (TPSA) is 48.5 Å². The molecule has 3 aromatic heterocycles. The number of hydrogen-bond donors (Lipinski definition) is 0. The van der Waals surface area contributed by atoms with E-state index in [2.05, 4.69) is 94.1 Å². The predicted molar refractivity (Wildman–Crippen MR) is 230 cm³/mol. The fourth-order valence-corrected chi connectivity index (χ4v) is 7.87. The number of hydrogen-bond acceptors (Lipinski definition) is 3. The molecule has 0 amide bonds. The van der Waals surface area contributed by atoms with Gasteiger partial charge in [-0.05, 0) is 71.8 Å². The second kappa shape index (κ2) is 13.0. The summed E-state index contributed by atoms with van der Waals surface area (Å²) in [5.41, 5.74) is 9.83. The van der Waals surface area contributed by atoms with E-state index in [1.165, 1.54) is 5.39 Å². The number of nitrogens with zero attached hydrogens (tertiary/aromatic N) is 5. The first-order valence-corrected chi connectivity index (χ1v) is 18.5. The van der Waals surface area contributed by atoms with E-state index < -0.39 is 18.1 Å². The van der Waals surface area contributed by atoms with Crippen molar-refractivity contribution in [2.45, 2.75) is 0 Å². The monoisotopic (exact) mass is 720 g/mol. The first-order valence-electron chi connectivity index (χ1n) is 21.0. The third-order valence-corrected chi connectivity index (χ3v) is 10.5. The van der Waals surface area contributed by atoms with E-state index in [4.69, 9.17) is 21.8 Å². The lowest BCUT2D eigenvalue weighted by molar-refractivity contribution is 1.07. The smallest absolute Gasteiger partial charge is 0.164 e. The van der Waals surface area contributed by atoms with Crippen LogP contribution in [0.5, 0.6) is 0 Å². The summed E-state index contributed by atoms with van der Waals surface area (Å²) in [6.45, 7) is 0. The molecular weight excluding hydrogens is 683 g/mol. The summed E-state index contributed by atoms with van der Waals surface area (Å²) >= 11 is 0. The molecule has 0 atom stereocenters. The molecule has 11 aromatic rings. The zero-order valence-corrected chi connectivity index (χ0v) is 29.9. The van der Waals surface area contributed by atoms with E-state index in [-0.39, 0.29) is 23.5 Å². The van der Waals surface area contributed by atoms with Gasteiger partial charge in [-0.3, -0.25) is 0 Å². The van der Waals surface area contributed by atoms with Crippen LogP contribution in [0, 0.1) is 0 Å². The average molecular weight is 721 g/mol. The predicted octanol–water partition coefficient (Wildman–Crippen LogP) is 12.7. The maximum atomic E-state index is 8.75. The molecule has 0 aliphatic carbocycles. The molecule has 0 spiro atoms. The molecule has 11 rings (SSSR count). The Kier molecular flexibility index (Phi) is 6.29. The molecule has 0 bridgehead atoms. The Hall–Kier alpha value is -7.63. The lowest BCUT2D eigenvalue weighted by atomic mass is 10.0. The molecule has 0 saturated heterocycles. The molecule has 0 unspecified atom stereocenters. The van der Waals surface area contributed by atoms with Gasteiger partial charge >= 0.3 is 0 Å². The van der Waals surface area contributed by atoms with Gasteiger partial charge in [0.2, 0.25) is 0 Å². The minimum atomic E-state index is -0.479. The van der Waals surface area contributed by atoms with Crippen LogP contribution in [0.4, 0.5) is 0 Å². The molecule has 56 heavy (non-hydrogen) atoms. The molecule has 0 N–H and O–H groups in total. The first kappa shape index (κ1) is 27.0. The largest absolute Gasteiger partial charge is 0.309 e. The molecule has 0 fully saturated rings. The highest BCUT2D eigenvalue weighted by Crippen LogP contribution is 2.40. The number of para-hydroxylation sites is 3. The van der Waals surface area contributed by atoms with Gasteiger partial charge in [-0.15, -0.1) is 0 Å². The van der Waals surface area contributed by atoms with Crippen molar-refractivity contribution < 1.29 is 6.85 Å². The zero-order valence-electron chi connectivity index (χ0n) is 34.9. The van der Waals surface area contributed by atoms with Gasteiger partial charge < -0.3 is 9.13 Å². The number of benzene rings is 8. The van der Waals surface area contributed by atoms with Crippen molar-refractivity contribution in [1.82, 2.24) is 24.1 Å². The van der Waals surface area contributed by atoms with E-state index in [0.717, 1.165) is 60.7 Å². The summed E-state index contributed by atoms with van der Waals surface area (Å²) in [5, 5.41) is 4.60. The van der Waals surface area contributed by atoms with Crippen molar-refractivity contribution in [1.29, 1.82) is 0 Å². The lowest BCUT2D eigenvalue weighted by Crippen LogP contribution is -2.00. The van der Waals surface area contributed by atoms with Gasteiger partial charge in [0.05, 0.1) is 28.9 Å². The summed E-state index contributed by atoms with van der Waals surface area (Å²) in [4.78, 5) is 14.4. The normalized spacial score (nSPS) is 12.8. The number of rotatable bonds is 6. The maximum Gasteiger partial charge on any atom is 0.164 e. The van der Waals surface area contributed by atoms with Crippen molar-refractivity contribution in [3.8, 4) is 56.7 Å². The minimum Gasteiger partial charge on any atom is -0.309 e. The Morgan fingerprint density at radius 2 is 0.732 bits per heavy atom. The minimum absolute atomic E-state index is 0.00528. The van der Waals surface area contributed by atoms with Crippen molar-refractivity contribution >= 4 is 43.6 Å². The third kappa shape index (κ3) is 5.29. The van der Waals surface area contributed by atoms with Crippen LogP contribution in [0.1, 0.15) is 6.85 Å². The quantitative estimate of drug-likeness (QED) is 0.172. The molecule has 5 heteroatoms. The van der Waals surface area contributed by atoms with E-state index >= 15 is 0 Å². The Morgan fingerprint density at radius 1 is 0.321 bits per heavy atom. The fraction of sp³-hybridized carbons (Fsp3) is 0. The molecule has 3 heterocycles. The molecule has 0 aliphatic rings. The van der Waals surface area contributed by atoms with E-state index in [0.29, 0.717) is 22.8 Å². The van der Waals surface area contributed by atoms with Gasteiger partial charge in [-0.25, -0.2) is 15.0 Å². The van der Waals surface area contributed by atoms with E-state index in [1.807, 2.05) is 84.9 Å². The van der Waals surface area contributed by atoms with Crippen LogP contribution in [0.25, 0.3) is 100 Å². The second-order valence-corrected chi connectivity index (χ2v) is 13.7. The molecule has 8 aromatic carbocycles. The first-order chi connectivity index (χ1) is 29.8. The van der Waals surface area contributed by atoms with Crippen LogP contribution in [0.2, 0.25) is 0 Å². The standard InChI is InChI=1S/C51H33N5/c1-4-14-34(15-5-1)35-24-26-37(27-25-35)50-52-49(36-16-6-2-7-17-36)53-51(54-50)38-28-30-40(31-29-38)56-46-23-13-11-21-42(46)44-32-47-43(33-48(44)56)41-20-10-12-22-45(41)55(47)39-18-8-3-9-19-39/h1-33H/i2D,6D,7D,16D,17D. The molecular formula is C51H33N5. The molecule has 0 saturated carbocycles. The van der Waals surface area contributed by atoms with Gasteiger partial charge in [0.15, 0.2) is 17.5 Å². The molecule has 262 valence electrons. The van der Waals surface area contributed by atoms with Crippen LogP contribution in [-0.4, -0.2) is 24.1 Å². The van der Waals surface area contributed by atoms with Crippen LogP contribution in [0.3, 0.4) is 0 Å². The summed E-state index contributed by atoms with van der Waals surface area (Å²) in [6.07, 6.45) is 0. The Bertz CT molecular complexity index is 3480. The van der Waals surface area contributed by atoms with Crippen molar-refractivity contribution in [3.63, 3.8) is 0 Å². The Labute approximate surface area is 330 Å². The molecule has 0 aliphatic heterocycles. The summed E-state index contributed by atoms with van der Waals surface area (Å²) in [7, 11) is 0. The Balaban J connectivity index is 1.07. The summed E-state index contributed by atoms with van der Waals surface area (Å²) in [6, 6.07) is 55.8. The number of fused-ring (bicyclic) bond motifs is 6. The fourth-order valence-electron chi connectivity index (χ4n) is 7.87. The van der Waals surface area contributed by atoms with Crippen LogP contribution >= 0.6 is 0 Å². The average Bonchev–Trinajstić information content (AvgIpc) is 3.82. The van der Waals surface area contributed by atoms with Crippen LogP contribution < -0.4 is 0 Å². The summed E-state index contributed by atoms with van der Waals surface area (Å²) < 4.78 is 47.1. The van der Waals surface area contributed by atoms with Crippen molar-refractivity contribution in [3.05, 3.63) is 200 Å².